The Kier molecular flexibility index (Phi) is 3.60. The summed E-state index contributed by atoms with van der Waals surface area (Å²) in [5.74, 6) is 0.959. The maximum Gasteiger partial charge on any atom is 0.246 e. The summed E-state index contributed by atoms with van der Waals surface area (Å²) in [6.45, 7) is 4.51. The van der Waals surface area contributed by atoms with Crippen molar-refractivity contribution in [3.8, 4) is 11.5 Å². The van der Waals surface area contributed by atoms with Crippen LogP contribution in [-0.2, 0) is 6.54 Å². The minimum atomic E-state index is -0.590. The lowest BCUT2D eigenvalue weighted by Crippen LogP contribution is -2.29. The van der Waals surface area contributed by atoms with Crippen molar-refractivity contribution in [1.82, 2.24) is 0 Å². The molecule has 1 aliphatic heterocycles. The van der Waals surface area contributed by atoms with Crippen molar-refractivity contribution in [1.29, 1.82) is 0 Å². The highest BCUT2D eigenvalue weighted by Crippen LogP contribution is 2.41. The van der Waals surface area contributed by atoms with Crippen molar-refractivity contribution in [3.05, 3.63) is 38.0 Å². The molecule has 0 fully saturated rings. The summed E-state index contributed by atoms with van der Waals surface area (Å²) >= 11 is 11.0. The molecule has 6 heteroatoms. The molecule has 3 rings (SSSR count). The highest BCUT2D eigenvalue weighted by Gasteiger charge is 2.31. The van der Waals surface area contributed by atoms with Crippen LogP contribution in [0.25, 0.3) is 0 Å². The van der Waals surface area contributed by atoms with Gasteiger partial charge in [-0.15, -0.1) is 11.3 Å². The van der Waals surface area contributed by atoms with Crippen LogP contribution in [0.2, 0.25) is 4.34 Å². The average molecular weight is 375 g/mol. The van der Waals surface area contributed by atoms with Gasteiger partial charge in [0.1, 0.15) is 4.34 Å². The zero-order valence-electron chi connectivity index (χ0n) is 11.0. The number of fused-ring (bicyclic) bond motifs is 1. The van der Waals surface area contributed by atoms with Crippen LogP contribution in [0.4, 0.5) is 5.69 Å². The molecule has 1 aromatic carbocycles. The largest absolute Gasteiger partial charge is 0.449 e. The molecule has 3 nitrogen and oxygen atoms in total. The van der Waals surface area contributed by atoms with Gasteiger partial charge in [0, 0.05) is 41.5 Å². The van der Waals surface area contributed by atoms with E-state index in [0.29, 0.717) is 0 Å². The molecule has 20 heavy (non-hydrogen) atoms. The number of rotatable bonds is 3. The van der Waals surface area contributed by atoms with E-state index in [0.717, 1.165) is 32.5 Å². The topological polar surface area (TPSA) is 30.5 Å². The van der Waals surface area contributed by atoms with E-state index in [1.165, 1.54) is 4.88 Å². The van der Waals surface area contributed by atoms with Crippen molar-refractivity contribution in [2.75, 3.05) is 5.32 Å². The molecule has 1 aromatic heterocycles. The predicted octanol–water partition coefficient (Wildman–Crippen LogP) is 5.28. The highest BCUT2D eigenvalue weighted by molar-refractivity contribution is 9.10. The van der Waals surface area contributed by atoms with Gasteiger partial charge in [-0.2, -0.15) is 0 Å². The van der Waals surface area contributed by atoms with E-state index < -0.39 is 5.79 Å². The molecular formula is C14H13BrClNO2S. The van der Waals surface area contributed by atoms with Gasteiger partial charge < -0.3 is 14.8 Å². The van der Waals surface area contributed by atoms with Crippen LogP contribution in [0.1, 0.15) is 18.7 Å². The van der Waals surface area contributed by atoms with E-state index >= 15 is 0 Å². The fraction of sp³-hybridized carbons (Fsp3) is 0.286. The summed E-state index contributed by atoms with van der Waals surface area (Å²) in [6.07, 6.45) is 0. The Morgan fingerprint density at radius 1 is 1.25 bits per heavy atom. The SMILES string of the molecule is CC1(C)Oc2ccc(NCc3cc(Br)c(Cl)s3)cc2O1. The van der Waals surface area contributed by atoms with Crippen LogP contribution in [0.15, 0.2) is 28.7 Å². The first-order valence-electron chi connectivity index (χ1n) is 6.13. The standard InChI is InChI=1S/C14H13BrClNO2S/c1-14(2)18-11-4-3-8(5-12(11)19-14)17-7-9-6-10(15)13(16)20-9/h3-6,17H,7H2,1-2H3. The van der Waals surface area contributed by atoms with Gasteiger partial charge in [0.15, 0.2) is 11.5 Å². The first-order chi connectivity index (χ1) is 9.43. The van der Waals surface area contributed by atoms with E-state index in [-0.39, 0.29) is 0 Å². The Morgan fingerprint density at radius 3 is 2.70 bits per heavy atom. The molecule has 0 radical (unpaired) electrons. The van der Waals surface area contributed by atoms with E-state index in [4.69, 9.17) is 21.1 Å². The lowest BCUT2D eigenvalue weighted by atomic mass is 10.3. The summed E-state index contributed by atoms with van der Waals surface area (Å²) in [6, 6.07) is 7.88. The summed E-state index contributed by atoms with van der Waals surface area (Å²) in [4.78, 5) is 1.17. The van der Waals surface area contributed by atoms with Gasteiger partial charge in [-0.3, -0.25) is 0 Å². The molecule has 0 bridgehead atoms. The van der Waals surface area contributed by atoms with Gasteiger partial charge in [-0.1, -0.05) is 11.6 Å². The Hall–Kier alpha value is -0.910. The number of thiophene rings is 1. The highest BCUT2D eigenvalue weighted by atomic mass is 79.9. The van der Waals surface area contributed by atoms with Crippen LogP contribution in [0.3, 0.4) is 0 Å². The molecule has 1 aliphatic rings. The van der Waals surface area contributed by atoms with Gasteiger partial charge in [-0.25, -0.2) is 0 Å². The molecule has 0 unspecified atom stereocenters. The van der Waals surface area contributed by atoms with Crippen molar-refractivity contribution in [2.45, 2.75) is 26.2 Å². The Bertz CT molecular complexity index is 637. The first-order valence-corrected chi connectivity index (χ1v) is 8.11. The molecule has 0 aliphatic carbocycles. The Morgan fingerprint density at radius 2 is 2.00 bits per heavy atom. The quantitative estimate of drug-likeness (QED) is 0.792. The van der Waals surface area contributed by atoms with Gasteiger partial charge in [0.05, 0.1) is 0 Å². The summed E-state index contributed by atoms with van der Waals surface area (Å²) < 4.78 is 13.1. The van der Waals surface area contributed by atoms with E-state index in [1.54, 1.807) is 11.3 Å². The lowest BCUT2D eigenvalue weighted by Gasteiger charge is -2.16. The third-order valence-corrected chi connectivity index (χ3v) is 5.29. The summed E-state index contributed by atoms with van der Waals surface area (Å²) in [5, 5.41) is 3.35. The fourth-order valence-electron chi connectivity index (χ4n) is 2.00. The van der Waals surface area contributed by atoms with E-state index in [1.807, 2.05) is 38.1 Å². The van der Waals surface area contributed by atoms with E-state index in [9.17, 15) is 0 Å². The van der Waals surface area contributed by atoms with Crippen molar-refractivity contribution in [2.24, 2.45) is 0 Å². The van der Waals surface area contributed by atoms with Gasteiger partial charge in [-0.05, 0) is 34.1 Å². The maximum absolute atomic E-state index is 6.03. The second kappa shape index (κ2) is 5.13. The number of hydrogen-bond donors (Lipinski definition) is 1. The number of halogens is 2. The Labute approximate surface area is 135 Å². The minimum Gasteiger partial charge on any atom is -0.449 e. The third-order valence-electron chi connectivity index (χ3n) is 2.82. The summed E-state index contributed by atoms with van der Waals surface area (Å²) in [7, 11) is 0. The normalized spacial score (nSPS) is 15.4. The van der Waals surface area contributed by atoms with Crippen LogP contribution in [0.5, 0.6) is 11.5 Å². The van der Waals surface area contributed by atoms with E-state index in [2.05, 4.69) is 21.2 Å². The van der Waals surface area contributed by atoms with Gasteiger partial charge in [0.2, 0.25) is 5.79 Å². The van der Waals surface area contributed by atoms with Crippen molar-refractivity contribution in [3.63, 3.8) is 0 Å². The molecule has 0 spiro atoms. The monoisotopic (exact) mass is 373 g/mol. The maximum atomic E-state index is 6.03. The smallest absolute Gasteiger partial charge is 0.246 e. The number of ether oxygens (including phenoxy) is 2. The zero-order chi connectivity index (χ0) is 14.3. The van der Waals surface area contributed by atoms with Crippen molar-refractivity contribution >= 4 is 44.6 Å². The molecular weight excluding hydrogens is 362 g/mol. The molecule has 2 aromatic rings. The molecule has 0 saturated carbocycles. The summed E-state index contributed by atoms with van der Waals surface area (Å²) in [5.41, 5.74) is 0.991. The predicted molar refractivity (Wildman–Crippen MR) is 86.1 cm³/mol. The molecule has 106 valence electrons. The Balaban J connectivity index is 1.70. The lowest BCUT2D eigenvalue weighted by molar-refractivity contribution is -0.0431. The second-order valence-electron chi connectivity index (χ2n) is 4.95. The molecule has 0 atom stereocenters. The van der Waals surface area contributed by atoms with Crippen LogP contribution in [0, 0.1) is 0 Å². The number of hydrogen-bond acceptors (Lipinski definition) is 4. The van der Waals surface area contributed by atoms with Crippen molar-refractivity contribution < 1.29 is 9.47 Å². The molecule has 0 saturated heterocycles. The van der Waals surface area contributed by atoms with Crippen LogP contribution < -0.4 is 14.8 Å². The number of nitrogens with one attached hydrogen (secondary N) is 1. The average Bonchev–Trinajstić information content (AvgIpc) is 2.84. The third kappa shape index (κ3) is 2.90. The van der Waals surface area contributed by atoms with Crippen LogP contribution in [-0.4, -0.2) is 5.79 Å². The molecule has 1 N–H and O–H groups in total. The van der Waals surface area contributed by atoms with Crippen LogP contribution >= 0.6 is 38.9 Å². The first kappa shape index (κ1) is 14.0. The van der Waals surface area contributed by atoms with Gasteiger partial charge >= 0.3 is 0 Å². The molecule has 2 heterocycles. The second-order valence-corrected chi connectivity index (χ2v) is 7.55. The number of anilines is 1. The van der Waals surface area contributed by atoms with Gasteiger partial charge in [0.25, 0.3) is 0 Å². The molecule has 0 amide bonds. The minimum absolute atomic E-state index is 0.590. The fourth-order valence-corrected chi connectivity index (χ4v) is 3.73. The zero-order valence-corrected chi connectivity index (χ0v) is 14.2. The number of benzene rings is 1.